The van der Waals surface area contributed by atoms with E-state index in [0.29, 0.717) is 12.8 Å². The maximum atomic E-state index is 11.0. The summed E-state index contributed by atoms with van der Waals surface area (Å²) in [5.41, 5.74) is -0.888. The molecule has 0 radical (unpaired) electrons. The predicted molar refractivity (Wildman–Crippen MR) is 49.7 cm³/mol. The van der Waals surface area contributed by atoms with Crippen molar-refractivity contribution < 1.29 is 14.6 Å². The van der Waals surface area contributed by atoms with Gasteiger partial charge in [-0.25, -0.2) is 4.79 Å². The van der Waals surface area contributed by atoms with E-state index in [0.717, 1.165) is 25.7 Å². The van der Waals surface area contributed by atoms with Crippen molar-refractivity contribution in [3.8, 4) is 0 Å². The van der Waals surface area contributed by atoms with Crippen molar-refractivity contribution in [1.82, 2.24) is 0 Å². The molecule has 0 aliphatic heterocycles. The molecule has 3 nitrogen and oxygen atoms in total. The van der Waals surface area contributed by atoms with Crippen LogP contribution in [0.5, 0.6) is 0 Å². The molecule has 0 amide bonds. The number of hydrogen-bond acceptors (Lipinski definition) is 2. The Hall–Kier alpha value is -0.570. The molecule has 76 valence electrons. The van der Waals surface area contributed by atoms with E-state index in [-0.39, 0.29) is 0 Å². The molecule has 1 aliphatic rings. The minimum absolute atomic E-state index is 0.666. The molecule has 1 fully saturated rings. The van der Waals surface area contributed by atoms with Crippen LogP contribution in [0.4, 0.5) is 0 Å². The normalized spacial score (nSPS) is 23.2. The van der Waals surface area contributed by atoms with Gasteiger partial charge in [0.1, 0.15) is 0 Å². The van der Waals surface area contributed by atoms with Gasteiger partial charge in [0.2, 0.25) is 0 Å². The van der Waals surface area contributed by atoms with Gasteiger partial charge < -0.3 is 9.84 Å². The number of hydrogen-bond donors (Lipinski definition) is 1. The van der Waals surface area contributed by atoms with Gasteiger partial charge in [-0.15, -0.1) is 0 Å². The molecule has 0 saturated heterocycles. The fourth-order valence-corrected chi connectivity index (χ4v) is 1.98. The van der Waals surface area contributed by atoms with Crippen LogP contribution in [-0.4, -0.2) is 23.8 Å². The molecule has 0 bridgehead atoms. The Balaban J connectivity index is 2.63. The first-order valence-electron chi connectivity index (χ1n) is 5.00. The third kappa shape index (κ3) is 2.44. The molecular formula is C10H18O3. The molecule has 1 aliphatic carbocycles. The molecule has 0 heterocycles. The topological polar surface area (TPSA) is 46.5 Å². The van der Waals surface area contributed by atoms with Gasteiger partial charge in [0.05, 0.1) is 0 Å². The highest BCUT2D eigenvalue weighted by Crippen LogP contribution is 2.29. The Morgan fingerprint density at radius 3 is 2.00 bits per heavy atom. The van der Waals surface area contributed by atoms with Crippen LogP contribution >= 0.6 is 0 Å². The van der Waals surface area contributed by atoms with E-state index < -0.39 is 11.6 Å². The van der Waals surface area contributed by atoms with Crippen LogP contribution in [0.1, 0.15) is 44.9 Å². The molecule has 13 heavy (non-hydrogen) atoms. The smallest absolute Gasteiger partial charge is 0.335 e. The number of ether oxygens (including phenoxy) is 1. The van der Waals surface area contributed by atoms with Crippen LogP contribution in [0, 0.1) is 0 Å². The summed E-state index contributed by atoms with van der Waals surface area (Å²) in [6, 6.07) is 0. The van der Waals surface area contributed by atoms with Gasteiger partial charge in [-0.1, -0.05) is 19.3 Å². The van der Waals surface area contributed by atoms with E-state index in [4.69, 9.17) is 9.84 Å². The molecule has 0 aromatic heterocycles. The highest BCUT2D eigenvalue weighted by atomic mass is 16.5. The minimum atomic E-state index is -0.888. The highest BCUT2D eigenvalue weighted by Gasteiger charge is 2.37. The standard InChI is InChI=1S/C10H18O3/c1-13-10(9(11)12)7-5-3-2-4-6-8-10/h2-8H2,1H3,(H,11,12). The van der Waals surface area contributed by atoms with Gasteiger partial charge in [0.25, 0.3) is 0 Å². The number of rotatable bonds is 2. The second kappa shape index (κ2) is 4.61. The number of aliphatic carboxylic acids is 1. The van der Waals surface area contributed by atoms with Crippen molar-refractivity contribution in [3.63, 3.8) is 0 Å². The lowest BCUT2D eigenvalue weighted by Gasteiger charge is -2.29. The zero-order chi connectivity index (χ0) is 9.73. The van der Waals surface area contributed by atoms with Gasteiger partial charge in [-0.3, -0.25) is 0 Å². The van der Waals surface area contributed by atoms with Gasteiger partial charge in [0.15, 0.2) is 5.60 Å². The van der Waals surface area contributed by atoms with Crippen LogP contribution in [0.15, 0.2) is 0 Å². The fraction of sp³-hybridized carbons (Fsp3) is 0.900. The average Bonchev–Trinajstić information content (AvgIpc) is 2.04. The summed E-state index contributed by atoms with van der Waals surface area (Å²) in [6.45, 7) is 0. The lowest BCUT2D eigenvalue weighted by molar-refractivity contribution is -0.164. The summed E-state index contributed by atoms with van der Waals surface area (Å²) >= 11 is 0. The summed E-state index contributed by atoms with van der Waals surface area (Å²) in [5, 5.41) is 9.08. The Bertz CT molecular complexity index is 169. The second-order valence-electron chi connectivity index (χ2n) is 3.77. The summed E-state index contributed by atoms with van der Waals surface area (Å²) in [4.78, 5) is 11.0. The zero-order valence-corrected chi connectivity index (χ0v) is 8.21. The predicted octanol–water partition coefficient (Wildman–Crippen LogP) is 2.20. The zero-order valence-electron chi connectivity index (χ0n) is 8.21. The molecule has 0 unspecified atom stereocenters. The molecule has 1 N–H and O–H groups in total. The molecule has 1 rings (SSSR count). The quantitative estimate of drug-likeness (QED) is 0.719. The van der Waals surface area contributed by atoms with E-state index in [9.17, 15) is 4.79 Å². The van der Waals surface area contributed by atoms with Crippen molar-refractivity contribution in [3.05, 3.63) is 0 Å². The van der Waals surface area contributed by atoms with Gasteiger partial charge >= 0.3 is 5.97 Å². The van der Waals surface area contributed by atoms with Crippen molar-refractivity contribution in [2.75, 3.05) is 7.11 Å². The van der Waals surface area contributed by atoms with Crippen LogP contribution in [0.25, 0.3) is 0 Å². The van der Waals surface area contributed by atoms with E-state index >= 15 is 0 Å². The molecule has 3 heteroatoms. The van der Waals surface area contributed by atoms with Gasteiger partial charge in [-0.05, 0) is 25.7 Å². The Morgan fingerprint density at radius 1 is 1.15 bits per heavy atom. The van der Waals surface area contributed by atoms with Crippen LogP contribution < -0.4 is 0 Å². The Morgan fingerprint density at radius 2 is 1.62 bits per heavy atom. The summed E-state index contributed by atoms with van der Waals surface area (Å²) in [5.74, 6) is -0.795. The molecule has 0 aromatic rings. The van der Waals surface area contributed by atoms with Gasteiger partial charge in [0, 0.05) is 7.11 Å². The Kier molecular flexibility index (Phi) is 3.72. The van der Waals surface area contributed by atoms with E-state index in [2.05, 4.69) is 0 Å². The van der Waals surface area contributed by atoms with Crippen molar-refractivity contribution >= 4 is 5.97 Å². The third-order valence-electron chi connectivity index (χ3n) is 2.94. The Labute approximate surface area is 79.1 Å². The lowest BCUT2D eigenvalue weighted by atomic mass is 9.87. The van der Waals surface area contributed by atoms with Crippen LogP contribution in [0.2, 0.25) is 0 Å². The fourth-order valence-electron chi connectivity index (χ4n) is 1.98. The molecule has 0 atom stereocenters. The van der Waals surface area contributed by atoms with Gasteiger partial charge in [-0.2, -0.15) is 0 Å². The minimum Gasteiger partial charge on any atom is -0.479 e. The maximum Gasteiger partial charge on any atom is 0.335 e. The van der Waals surface area contributed by atoms with E-state index in [1.807, 2.05) is 0 Å². The van der Waals surface area contributed by atoms with Crippen molar-refractivity contribution in [2.24, 2.45) is 0 Å². The van der Waals surface area contributed by atoms with Crippen LogP contribution in [0.3, 0.4) is 0 Å². The van der Waals surface area contributed by atoms with Crippen LogP contribution in [-0.2, 0) is 9.53 Å². The molecule has 1 saturated carbocycles. The monoisotopic (exact) mass is 186 g/mol. The lowest BCUT2D eigenvalue weighted by Crippen LogP contribution is -2.41. The maximum absolute atomic E-state index is 11.0. The largest absolute Gasteiger partial charge is 0.479 e. The third-order valence-corrected chi connectivity index (χ3v) is 2.94. The second-order valence-corrected chi connectivity index (χ2v) is 3.77. The van der Waals surface area contributed by atoms with E-state index in [1.54, 1.807) is 0 Å². The first-order chi connectivity index (χ1) is 6.21. The van der Waals surface area contributed by atoms with E-state index in [1.165, 1.54) is 13.5 Å². The summed E-state index contributed by atoms with van der Waals surface area (Å²) in [7, 11) is 1.51. The first-order valence-corrected chi connectivity index (χ1v) is 5.00. The number of carbonyl (C=O) groups is 1. The highest BCUT2D eigenvalue weighted by molar-refractivity contribution is 5.77. The number of carboxylic acid groups (broad SMARTS) is 1. The summed E-state index contributed by atoms with van der Waals surface area (Å²) in [6.07, 6.45) is 6.79. The molecular weight excluding hydrogens is 168 g/mol. The SMILES string of the molecule is COC1(C(=O)O)CCCCCCC1. The number of methoxy groups -OCH3 is 1. The first kappa shape index (κ1) is 10.5. The number of carboxylic acids is 1. The average molecular weight is 186 g/mol. The van der Waals surface area contributed by atoms with Crippen molar-refractivity contribution in [1.29, 1.82) is 0 Å². The molecule has 0 aromatic carbocycles. The molecule has 0 spiro atoms. The van der Waals surface area contributed by atoms with Crippen molar-refractivity contribution in [2.45, 2.75) is 50.5 Å². The summed E-state index contributed by atoms with van der Waals surface area (Å²) < 4.78 is 5.18.